The predicted molar refractivity (Wildman–Crippen MR) is 43.4 cm³/mol. The predicted octanol–water partition coefficient (Wildman–Crippen LogP) is 1.11. The number of nitrogens with one attached hydrogen (secondary N) is 1. The first kappa shape index (κ1) is 7.29. The summed E-state index contributed by atoms with van der Waals surface area (Å²) in [5.74, 6) is 1.20. The lowest BCUT2D eigenvalue weighted by Gasteiger charge is -2.30. The van der Waals surface area contributed by atoms with Crippen molar-refractivity contribution >= 4 is 5.78 Å². The molecule has 0 radical (unpaired) electrons. The highest BCUT2D eigenvalue weighted by Crippen LogP contribution is 2.30. The van der Waals surface area contributed by atoms with Crippen molar-refractivity contribution in [1.82, 2.24) is 5.32 Å². The van der Waals surface area contributed by atoms with E-state index >= 15 is 0 Å². The van der Waals surface area contributed by atoms with Crippen molar-refractivity contribution < 1.29 is 4.79 Å². The van der Waals surface area contributed by atoms with Crippen LogP contribution in [0.15, 0.2) is 0 Å². The lowest BCUT2D eigenvalue weighted by molar-refractivity contribution is -0.124. The fourth-order valence-electron chi connectivity index (χ4n) is 1.69. The van der Waals surface area contributed by atoms with Crippen molar-refractivity contribution in [2.24, 2.45) is 5.92 Å². The van der Waals surface area contributed by atoms with E-state index in [9.17, 15) is 4.79 Å². The molecule has 1 aliphatic heterocycles. The molecule has 1 N–H and O–H groups in total. The Bertz CT molecular complexity index is 159. The Labute approximate surface area is 67.4 Å². The molecular weight excluding hydrogens is 138 g/mol. The van der Waals surface area contributed by atoms with Crippen molar-refractivity contribution in [3.8, 4) is 0 Å². The molecule has 1 aliphatic carbocycles. The molecule has 0 spiro atoms. The van der Waals surface area contributed by atoms with Crippen molar-refractivity contribution in [1.29, 1.82) is 0 Å². The van der Waals surface area contributed by atoms with Gasteiger partial charge in [-0.1, -0.05) is 19.3 Å². The number of ketones is 1. The smallest absolute Gasteiger partial charge is 0.150 e. The Kier molecular flexibility index (Phi) is 1.95. The minimum atomic E-state index is 0.232. The zero-order chi connectivity index (χ0) is 7.68. The maximum Gasteiger partial charge on any atom is 0.150 e. The average Bonchev–Trinajstić information content (AvgIpc) is 1.74. The summed E-state index contributed by atoms with van der Waals surface area (Å²) >= 11 is 0. The van der Waals surface area contributed by atoms with Gasteiger partial charge in [0.15, 0.2) is 0 Å². The minimum absolute atomic E-state index is 0.232. The molecule has 11 heavy (non-hydrogen) atoms. The van der Waals surface area contributed by atoms with Gasteiger partial charge in [-0.15, -0.1) is 0 Å². The van der Waals surface area contributed by atoms with E-state index in [0.717, 1.165) is 25.3 Å². The summed E-state index contributed by atoms with van der Waals surface area (Å²) in [6.07, 6.45) is 5.84. The van der Waals surface area contributed by atoms with Crippen LogP contribution in [0.3, 0.4) is 0 Å². The van der Waals surface area contributed by atoms with Crippen molar-refractivity contribution in [2.75, 3.05) is 6.54 Å². The zero-order valence-electron chi connectivity index (χ0n) is 6.81. The first-order chi connectivity index (χ1) is 5.36. The molecule has 0 aromatic rings. The quantitative estimate of drug-likeness (QED) is 0.658. The summed E-state index contributed by atoms with van der Waals surface area (Å²) in [6, 6.07) is 0.232. The van der Waals surface area contributed by atoms with Gasteiger partial charge in [-0.3, -0.25) is 4.79 Å². The third-order valence-corrected chi connectivity index (χ3v) is 2.93. The SMILES string of the molecule is O=C(CC1CCC1)C1CCN1. The van der Waals surface area contributed by atoms with Gasteiger partial charge in [0, 0.05) is 6.42 Å². The van der Waals surface area contributed by atoms with Crippen molar-refractivity contribution in [3.63, 3.8) is 0 Å². The summed E-state index contributed by atoms with van der Waals surface area (Å²) in [5.41, 5.74) is 0. The maximum absolute atomic E-state index is 11.4. The van der Waals surface area contributed by atoms with Crippen molar-refractivity contribution in [3.05, 3.63) is 0 Å². The number of Topliss-reactive ketones (excluding diaryl/α,β-unsaturated/α-hetero) is 1. The molecule has 0 amide bonds. The molecule has 1 heterocycles. The van der Waals surface area contributed by atoms with Gasteiger partial charge in [-0.2, -0.15) is 0 Å². The molecule has 0 aromatic carbocycles. The van der Waals surface area contributed by atoms with E-state index in [4.69, 9.17) is 0 Å². The molecule has 2 aliphatic rings. The van der Waals surface area contributed by atoms with E-state index in [1.54, 1.807) is 0 Å². The van der Waals surface area contributed by atoms with E-state index < -0.39 is 0 Å². The van der Waals surface area contributed by atoms with Crippen LogP contribution in [-0.2, 0) is 4.79 Å². The largest absolute Gasteiger partial charge is 0.307 e. The molecule has 2 fully saturated rings. The lowest BCUT2D eigenvalue weighted by atomic mass is 9.80. The van der Waals surface area contributed by atoms with Gasteiger partial charge >= 0.3 is 0 Å². The van der Waals surface area contributed by atoms with Gasteiger partial charge < -0.3 is 5.32 Å². The maximum atomic E-state index is 11.4. The highest BCUT2D eigenvalue weighted by atomic mass is 16.1. The van der Waals surface area contributed by atoms with Gasteiger partial charge in [0.2, 0.25) is 0 Å². The van der Waals surface area contributed by atoms with Crippen LogP contribution in [-0.4, -0.2) is 18.4 Å². The molecule has 2 nitrogen and oxygen atoms in total. The third kappa shape index (κ3) is 1.45. The van der Waals surface area contributed by atoms with Crippen LogP contribution in [0.1, 0.15) is 32.1 Å². The van der Waals surface area contributed by atoms with Gasteiger partial charge in [0.25, 0.3) is 0 Å². The van der Waals surface area contributed by atoms with Gasteiger partial charge in [-0.25, -0.2) is 0 Å². The summed E-state index contributed by atoms with van der Waals surface area (Å²) < 4.78 is 0. The fourth-order valence-corrected chi connectivity index (χ4v) is 1.69. The molecule has 2 heteroatoms. The minimum Gasteiger partial charge on any atom is -0.307 e. The van der Waals surface area contributed by atoms with Crippen LogP contribution in [0.25, 0.3) is 0 Å². The topological polar surface area (TPSA) is 29.1 Å². The molecular formula is C9H15NO. The summed E-state index contributed by atoms with van der Waals surface area (Å²) in [7, 11) is 0. The molecule has 1 unspecified atom stereocenters. The molecule has 1 atom stereocenters. The number of rotatable bonds is 3. The van der Waals surface area contributed by atoms with Crippen LogP contribution in [0, 0.1) is 5.92 Å². The molecule has 2 rings (SSSR count). The van der Waals surface area contributed by atoms with Crippen LogP contribution in [0.2, 0.25) is 0 Å². The van der Waals surface area contributed by atoms with E-state index in [1.807, 2.05) is 0 Å². The van der Waals surface area contributed by atoms with Crippen LogP contribution in [0.5, 0.6) is 0 Å². The molecule has 0 aromatic heterocycles. The zero-order valence-corrected chi connectivity index (χ0v) is 6.81. The molecule has 1 saturated heterocycles. The standard InChI is InChI=1S/C9H15NO/c11-9(8-4-5-10-8)6-7-2-1-3-7/h7-8,10H,1-6H2. The second-order valence-electron chi connectivity index (χ2n) is 3.76. The summed E-state index contributed by atoms with van der Waals surface area (Å²) in [4.78, 5) is 11.4. The van der Waals surface area contributed by atoms with Crippen LogP contribution < -0.4 is 5.32 Å². The molecule has 62 valence electrons. The van der Waals surface area contributed by atoms with Crippen LogP contribution in [0.4, 0.5) is 0 Å². The van der Waals surface area contributed by atoms with Crippen LogP contribution >= 0.6 is 0 Å². The number of hydrogen-bond acceptors (Lipinski definition) is 2. The number of carbonyl (C=O) groups is 1. The highest BCUT2D eigenvalue weighted by Gasteiger charge is 2.28. The Morgan fingerprint density at radius 1 is 1.36 bits per heavy atom. The van der Waals surface area contributed by atoms with E-state index in [1.165, 1.54) is 19.3 Å². The summed E-state index contributed by atoms with van der Waals surface area (Å²) in [5, 5.41) is 3.15. The van der Waals surface area contributed by atoms with Gasteiger partial charge in [0.1, 0.15) is 5.78 Å². The summed E-state index contributed by atoms with van der Waals surface area (Å²) in [6.45, 7) is 1.04. The highest BCUT2D eigenvalue weighted by molar-refractivity contribution is 5.85. The first-order valence-corrected chi connectivity index (χ1v) is 4.62. The Balaban J connectivity index is 1.71. The van der Waals surface area contributed by atoms with E-state index in [0.29, 0.717) is 5.78 Å². The van der Waals surface area contributed by atoms with Crippen molar-refractivity contribution in [2.45, 2.75) is 38.1 Å². The molecule has 1 saturated carbocycles. The second-order valence-corrected chi connectivity index (χ2v) is 3.76. The lowest BCUT2D eigenvalue weighted by Crippen LogP contribution is -2.49. The average molecular weight is 153 g/mol. The number of hydrogen-bond donors (Lipinski definition) is 1. The normalized spacial score (nSPS) is 30.7. The number of carbonyl (C=O) groups excluding carboxylic acids is 1. The second kappa shape index (κ2) is 2.94. The van der Waals surface area contributed by atoms with Gasteiger partial charge in [0.05, 0.1) is 6.04 Å². The Morgan fingerprint density at radius 3 is 2.45 bits per heavy atom. The monoisotopic (exact) mass is 153 g/mol. The third-order valence-electron chi connectivity index (χ3n) is 2.93. The fraction of sp³-hybridized carbons (Fsp3) is 0.889. The Hall–Kier alpha value is -0.370. The van der Waals surface area contributed by atoms with E-state index in [-0.39, 0.29) is 6.04 Å². The van der Waals surface area contributed by atoms with E-state index in [2.05, 4.69) is 5.32 Å². The Morgan fingerprint density at radius 2 is 2.09 bits per heavy atom. The first-order valence-electron chi connectivity index (χ1n) is 4.62. The van der Waals surface area contributed by atoms with Gasteiger partial charge in [-0.05, 0) is 18.9 Å². The molecule has 0 bridgehead atoms.